The van der Waals surface area contributed by atoms with Crippen LogP contribution < -0.4 is 19.6 Å². The van der Waals surface area contributed by atoms with Crippen LogP contribution in [0.2, 0.25) is 0 Å². The Balaban J connectivity index is 0.783. The maximum absolute atomic E-state index is 13.1. The van der Waals surface area contributed by atoms with E-state index in [-0.39, 0.29) is 24.1 Å². The van der Waals surface area contributed by atoms with Gasteiger partial charge in [-0.05, 0) is 121 Å². The largest absolute Gasteiger partial charge is 0.569 e. The third-order valence-corrected chi connectivity index (χ3v) is 12.4. The minimum Gasteiger partial charge on any atom is -0.537 e. The summed E-state index contributed by atoms with van der Waals surface area (Å²) in [5.41, 5.74) is 8.53. The number of hydrogen-bond donors (Lipinski definition) is 2. The third kappa shape index (κ3) is 9.41. The predicted octanol–water partition coefficient (Wildman–Crippen LogP) is 5.64. The number of fused-ring (bicyclic) bond motifs is 1. The van der Waals surface area contributed by atoms with Crippen LogP contribution in [0.15, 0.2) is 97.1 Å². The monoisotopic (exact) mass is 794 g/mol. The first-order chi connectivity index (χ1) is 28.9. The van der Waals surface area contributed by atoms with Crippen molar-refractivity contribution < 1.29 is 28.8 Å². The standard InChI is InChI=1S/C47H53BN5O6/c1-2-41(34-6-4-3-5-7-34)45(36-10-15-40(16-11-36)59-48-57)35-8-13-39(14-9-35)58-29-28-50-22-20-33(21-23-50)31-51-24-26-52(27-25-51)38-12-17-42-37(30-38)32-53(47(42)56)43-18-19-44(54)49-46(43)55/h3-17,30,33,43,57H,2,18-29,31-32H2,1H3,(H,49,54,55)/b45-41-/t43-/m0/s1. The fourth-order valence-electron chi connectivity index (χ4n) is 9.16. The summed E-state index contributed by atoms with van der Waals surface area (Å²) < 4.78 is 11.4. The van der Waals surface area contributed by atoms with E-state index in [0.717, 1.165) is 92.5 Å². The number of anilines is 1. The molecule has 4 heterocycles. The SMILES string of the molecule is CC/C(=C(/c1ccc(O[B]O)cc1)c1ccc(OCCN2CCC(CN3CCN(c4ccc5c(c4)CN([C@H]4CCC(=O)NC4=O)C5=O)CC3)CC2)cc1)c1ccccc1. The van der Waals surface area contributed by atoms with Crippen LogP contribution in [0.1, 0.15) is 71.6 Å². The van der Waals surface area contributed by atoms with Crippen molar-refractivity contribution in [3.8, 4) is 11.5 Å². The number of benzene rings is 4. The van der Waals surface area contributed by atoms with Gasteiger partial charge >= 0.3 is 7.69 Å². The van der Waals surface area contributed by atoms with Gasteiger partial charge in [0.25, 0.3) is 5.91 Å². The van der Waals surface area contributed by atoms with Crippen molar-refractivity contribution in [3.05, 3.63) is 125 Å². The van der Waals surface area contributed by atoms with Crippen molar-refractivity contribution >= 4 is 42.2 Å². The molecule has 4 aliphatic rings. The minimum atomic E-state index is -0.591. The van der Waals surface area contributed by atoms with E-state index >= 15 is 0 Å². The van der Waals surface area contributed by atoms with Gasteiger partial charge in [-0.3, -0.25) is 29.5 Å². The Labute approximate surface area is 347 Å². The van der Waals surface area contributed by atoms with Crippen molar-refractivity contribution in [3.63, 3.8) is 0 Å². The molecule has 3 amide bonds. The Kier molecular flexibility index (Phi) is 12.8. The molecule has 59 heavy (non-hydrogen) atoms. The number of nitrogens with zero attached hydrogens (tertiary/aromatic N) is 4. The number of imide groups is 1. The smallest absolute Gasteiger partial charge is 0.537 e. The molecular formula is C47H53BN5O6. The Hall–Kier alpha value is -5.43. The van der Waals surface area contributed by atoms with Gasteiger partial charge in [0.05, 0.1) is 0 Å². The van der Waals surface area contributed by atoms with E-state index in [1.54, 1.807) is 4.90 Å². The topological polar surface area (TPSA) is 115 Å². The van der Waals surface area contributed by atoms with E-state index < -0.39 is 6.04 Å². The molecule has 0 bridgehead atoms. The van der Waals surface area contributed by atoms with Gasteiger partial charge < -0.3 is 24.2 Å². The predicted molar refractivity (Wildman–Crippen MR) is 230 cm³/mol. The lowest BCUT2D eigenvalue weighted by molar-refractivity contribution is -0.136. The first-order valence-electron chi connectivity index (χ1n) is 21.1. The highest BCUT2D eigenvalue weighted by Gasteiger charge is 2.39. The number of piperidine rings is 2. The van der Waals surface area contributed by atoms with Crippen LogP contribution in [0, 0.1) is 5.92 Å². The quantitative estimate of drug-likeness (QED) is 0.0953. The summed E-state index contributed by atoms with van der Waals surface area (Å²) in [6.45, 7) is 11.4. The van der Waals surface area contributed by atoms with Gasteiger partial charge in [0.1, 0.15) is 24.1 Å². The zero-order valence-electron chi connectivity index (χ0n) is 33.9. The van der Waals surface area contributed by atoms with Crippen molar-refractivity contribution in [2.75, 3.05) is 63.9 Å². The molecule has 2 N–H and O–H groups in total. The summed E-state index contributed by atoms with van der Waals surface area (Å²) in [6, 6.07) is 32.2. The van der Waals surface area contributed by atoms with E-state index in [0.29, 0.717) is 44.5 Å². The molecule has 8 rings (SSSR count). The molecule has 0 aromatic heterocycles. The fourth-order valence-corrected chi connectivity index (χ4v) is 9.16. The zero-order chi connectivity index (χ0) is 40.7. The molecule has 0 spiro atoms. The molecular weight excluding hydrogens is 741 g/mol. The molecule has 0 unspecified atom stereocenters. The average molecular weight is 795 g/mol. The average Bonchev–Trinajstić information content (AvgIpc) is 3.59. The van der Waals surface area contributed by atoms with Gasteiger partial charge in [0, 0.05) is 63.5 Å². The number of hydrogen-bond acceptors (Lipinski definition) is 9. The van der Waals surface area contributed by atoms with E-state index in [2.05, 4.69) is 81.5 Å². The normalized spacial score (nSPS) is 19.6. The number of amides is 3. The summed E-state index contributed by atoms with van der Waals surface area (Å²) in [7, 11) is 0.701. The van der Waals surface area contributed by atoms with Crippen LogP contribution in [-0.4, -0.2) is 110 Å². The summed E-state index contributed by atoms with van der Waals surface area (Å²) in [5.74, 6) is 1.36. The summed E-state index contributed by atoms with van der Waals surface area (Å²) in [6.07, 6.45) is 3.89. The lowest BCUT2D eigenvalue weighted by atomic mass is 9.88. The van der Waals surface area contributed by atoms with Gasteiger partial charge in [-0.1, -0.05) is 61.5 Å². The Morgan fingerprint density at radius 2 is 1.47 bits per heavy atom. The van der Waals surface area contributed by atoms with Gasteiger partial charge in [0.15, 0.2) is 0 Å². The second-order valence-corrected chi connectivity index (χ2v) is 16.0. The fraction of sp³-hybridized carbons (Fsp3) is 0.383. The molecule has 1 radical (unpaired) electrons. The Morgan fingerprint density at radius 3 is 2.14 bits per heavy atom. The first-order valence-corrected chi connectivity index (χ1v) is 21.1. The van der Waals surface area contributed by atoms with E-state index in [1.165, 1.54) is 24.0 Å². The highest BCUT2D eigenvalue weighted by Crippen LogP contribution is 2.36. The number of carbonyl (C=O) groups excluding carboxylic acids is 3. The molecule has 0 aliphatic carbocycles. The van der Waals surface area contributed by atoms with Gasteiger partial charge in [-0.25, -0.2) is 0 Å². The van der Waals surface area contributed by atoms with Crippen molar-refractivity contribution in [2.45, 2.75) is 51.6 Å². The lowest BCUT2D eigenvalue weighted by Crippen LogP contribution is -2.52. The summed E-state index contributed by atoms with van der Waals surface area (Å²) in [4.78, 5) is 46.4. The molecule has 305 valence electrons. The highest BCUT2D eigenvalue weighted by atomic mass is 16.5. The number of nitrogens with one attached hydrogen (secondary N) is 1. The molecule has 4 aromatic rings. The van der Waals surface area contributed by atoms with E-state index in [4.69, 9.17) is 14.4 Å². The van der Waals surface area contributed by atoms with Crippen LogP contribution in [-0.2, 0) is 16.1 Å². The van der Waals surface area contributed by atoms with Crippen LogP contribution in [0.3, 0.4) is 0 Å². The first kappa shape index (κ1) is 40.4. The minimum absolute atomic E-state index is 0.127. The van der Waals surface area contributed by atoms with Crippen molar-refractivity contribution in [1.82, 2.24) is 20.0 Å². The zero-order valence-corrected chi connectivity index (χ0v) is 33.9. The molecule has 12 heteroatoms. The molecule has 0 saturated carbocycles. The third-order valence-electron chi connectivity index (χ3n) is 12.4. The number of ether oxygens (including phenoxy) is 1. The molecule has 3 saturated heterocycles. The number of allylic oxidation sites excluding steroid dienone is 1. The Morgan fingerprint density at radius 1 is 0.780 bits per heavy atom. The number of likely N-dealkylation sites (tertiary alicyclic amines) is 1. The van der Waals surface area contributed by atoms with Gasteiger partial charge in [0.2, 0.25) is 11.8 Å². The lowest BCUT2D eigenvalue weighted by Gasteiger charge is -2.39. The van der Waals surface area contributed by atoms with Crippen LogP contribution in [0.25, 0.3) is 11.1 Å². The number of piperazine rings is 1. The maximum Gasteiger partial charge on any atom is 0.569 e. The van der Waals surface area contributed by atoms with E-state index in [9.17, 15) is 14.4 Å². The molecule has 4 aliphatic heterocycles. The van der Waals surface area contributed by atoms with Gasteiger partial charge in [-0.2, -0.15) is 0 Å². The maximum atomic E-state index is 13.1. The molecule has 3 fully saturated rings. The van der Waals surface area contributed by atoms with E-state index in [1.807, 2.05) is 42.5 Å². The van der Waals surface area contributed by atoms with Crippen LogP contribution in [0.4, 0.5) is 5.69 Å². The summed E-state index contributed by atoms with van der Waals surface area (Å²) >= 11 is 0. The van der Waals surface area contributed by atoms with Crippen molar-refractivity contribution in [1.29, 1.82) is 0 Å². The number of carbonyl (C=O) groups is 3. The molecule has 1 atom stereocenters. The number of rotatable bonds is 14. The Bertz CT molecular complexity index is 2130. The highest BCUT2D eigenvalue weighted by molar-refractivity contribution is 6.17. The van der Waals surface area contributed by atoms with Crippen molar-refractivity contribution in [2.24, 2.45) is 5.92 Å². The second kappa shape index (κ2) is 18.7. The van der Waals surface area contributed by atoms with Gasteiger partial charge in [-0.15, -0.1) is 0 Å². The van der Waals surface area contributed by atoms with Crippen LogP contribution >= 0.6 is 0 Å². The molecule has 4 aromatic carbocycles. The van der Waals surface area contributed by atoms with Crippen LogP contribution in [0.5, 0.6) is 11.5 Å². The summed E-state index contributed by atoms with van der Waals surface area (Å²) in [5, 5.41) is 11.5. The molecule has 11 nitrogen and oxygen atoms in total. The second-order valence-electron chi connectivity index (χ2n) is 16.0.